The van der Waals surface area contributed by atoms with Crippen LogP contribution in [0.5, 0.6) is 5.75 Å². The van der Waals surface area contributed by atoms with Crippen LogP contribution in [0.1, 0.15) is 11.1 Å². The molecular formula is C14H18N2O3. The molecule has 0 aliphatic carbocycles. The molecule has 1 aromatic rings. The normalized spacial score (nSPS) is 15.1. The van der Waals surface area contributed by atoms with Crippen molar-refractivity contribution in [1.29, 1.82) is 0 Å². The molecule has 2 rings (SSSR count). The van der Waals surface area contributed by atoms with Crippen molar-refractivity contribution < 1.29 is 14.3 Å². The second-order valence-electron chi connectivity index (χ2n) is 4.67. The van der Waals surface area contributed by atoms with E-state index in [1.54, 1.807) is 0 Å². The molecule has 0 aromatic heterocycles. The molecular weight excluding hydrogens is 244 g/mol. The molecule has 1 aromatic carbocycles. The van der Waals surface area contributed by atoms with Gasteiger partial charge in [0.25, 0.3) is 5.91 Å². The number of nitrogens with zero attached hydrogens (tertiary/aromatic N) is 1. The van der Waals surface area contributed by atoms with Crippen molar-refractivity contribution >= 4 is 11.8 Å². The molecule has 0 unspecified atom stereocenters. The number of aryl methyl sites for hydroxylation is 2. The fraction of sp³-hybridized carbons (Fsp3) is 0.429. The predicted molar refractivity (Wildman–Crippen MR) is 71.0 cm³/mol. The molecule has 1 fully saturated rings. The maximum absolute atomic E-state index is 12.0. The second-order valence-corrected chi connectivity index (χ2v) is 4.67. The average molecular weight is 262 g/mol. The van der Waals surface area contributed by atoms with Crippen molar-refractivity contribution in [2.24, 2.45) is 0 Å². The highest BCUT2D eigenvalue weighted by Gasteiger charge is 2.21. The fourth-order valence-electron chi connectivity index (χ4n) is 2.10. The number of carbonyl (C=O) groups is 2. The van der Waals surface area contributed by atoms with Gasteiger partial charge in [-0.05, 0) is 25.0 Å². The SMILES string of the molecule is Cc1cccc(C)c1OCC(=O)N1CCNC(=O)C1. The standard InChI is InChI=1S/C14H18N2O3/c1-10-4-3-5-11(2)14(10)19-9-13(18)16-7-6-15-12(17)8-16/h3-5H,6-9H2,1-2H3,(H,15,17). The smallest absolute Gasteiger partial charge is 0.261 e. The molecule has 5 nitrogen and oxygen atoms in total. The van der Waals surface area contributed by atoms with E-state index in [4.69, 9.17) is 4.74 Å². The maximum Gasteiger partial charge on any atom is 0.261 e. The Bertz CT molecular complexity index is 479. The van der Waals surface area contributed by atoms with E-state index in [1.807, 2.05) is 32.0 Å². The Morgan fingerprint density at radius 1 is 1.37 bits per heavy atom. The number of ether oxygens (including phenoxy) is 1. The Kier molecular flexibility index (Phi) is 4.04. The Morgan fingerprint density at radius 2 is 2.05 bits per heavy atom. The molecule has 1 saturated heterocycles. The summed E-state index contributed by atoms with van der Waals surface area (Å²) in [6.45, 7) is 5.03. The monoisotopic (exact) mass is 262 g/mol. The summed E-state index contributed by atoms with van der Waals surface area (Å²) in [6, 6.07) is 5.84. The predicted octanol–water partition coefficient (Wildman–Crippen LogP) is 0.641. The van der Waals surface area contributed by atoms with Gasteiger partial charge >= 0.3 is 0 Å². The van der Waals surface area contributed by atoms with Crippen LogP contribution in [0.4, 0.5) is 0 Å². The molecule has 0 saturated carbocycles. The summed E-state index contributed by atoms with van der Waals surface area (Å²) in [4.78, 5) is 24.7. The third kappa shape index (κ3) is 3.24. The summed E-state index contributed by atoms with van der Waals surface area (Å²) >= 11 is 0. The molecule has 1 aliphatic rings. The third-order valence-corrected chi connectivity index (χ3v) is 3.14. The fourth-order valence-corrected chi connectivity index (χ4v) is 2.10. The van der Waals surface area contributed by atoms with Gasteiger partial charge in [0.2, 0.25) is 5.91 Å². The minimum absolute atomic E-state index is 0.0288. The summed E-state index contributed by atoms with van der Waals surface area (Å²) in [6.07, 6.45) is 0. The highest BCUT2D eigenvalue weighted by molar-refractivity contribution is 5.86. The minimum atomic E-state index is -0.155. The lowest BCUT2D eigenvalue weighted by molar-refractivity contribution is -0.139. The van der Waals surface area contributed by atoms with E-state index in [2.05, 4.69) is 5.32 Å². The van der Waals surface area contributed by atoms with E-state index in [1.165, 1.54) is 4.90 Å². The highest BCUT2D eigenvalue weighted by Crippen LogP contribution is 2.22. The van der Waals surface area contributed by atoms with Gasteiger partial charge in [0.05, 0.1) is 6.54 Å². The highest BCUT2D eigenvalue weighted by atomic mass is 16.5. The van der Waals surface area contributed by atoms with Crippen LogP contribution in [-0.4, -0.2) is 43.0 Å². The van der Waals surface area contributed by atoms with E-state index in [-0.39, 0.29) is 25.0 Å². The van der Waals surface area contributed by atoms with Crippen LogP contribution in [0.25, 0.3) is 0 Å². The molecule has 102 valence electrons. The number of carbonyl (C=O) groups excluding carboxylic acids is 2. The van der Waals surface area contributed by atoms with Crippen molar-refractivity contribution in [3.63, 3.8) is 0 Å². The van der Waals surface area contributed by atoms with Crippen molar-refractivity contribution in [2.75, 3.05) is 26.2 Å². The zero-order chi connectivity index (χ0) is 13.8. The van der Waals surface area contributed by atoms with Gasteiger partial charge in [0, 0.05) is 13.1 Å². The van der Waals surface area contributed by atoms with Crippen molar-refractivity contribution in [3.05, 3.63) is 29.3 Å². The van der Waals surface area contributed by atoms with Crippen LogP contribution in [0.2, 0.25) is 0 Å². The Morgan fingerprint density at radius 3 is 2.68 bits per heavy atom. The van der Waals surface area contributed by atoms with Crippen molar-refractivity contribution in [1.82, 2.24) is 10.2 Å². The number of piperazine rings is 1. The van der Waals surface area contributed by atoms with E-state index in [0.717, 1.165) is 16.9 Å². The molecule has 19 heavy (non-hydrogen) atoms. The number of amides is 2. The largest absolute Gasteiger partial charge is 0.483 e. The average Bonchev–Trinajstić information content (AvgIpc) is 2.38. The first-order valence-corrected chi connectivity index (χ1v) is 6.31. The van der Waals surface area contributed by atoms with Gasteiger partial charge < -0.3 is 15.0 Å². The zero-order valence-corrected chi connectivity index (χ0v) is 11.2. The molecule has 0 bridgehead atoms. The lowest BCUT2D eigenvalue weighted by Crippen LogP contribution is -2.51. The van der Waals surface area contributed by atoms with Crippen LogP contribution in [-0.2, 0) is 9.59 Å². The molecule has 5 heteroatoms. The van der Waals surface area contributed by atoms with Crippen LogP contribution >= 0.6 is 0 Å². The van der Waals surface area contributed by atoms with Gasteiger partial charge in [-0.1, -0.05) is 18.2 Å². The maximum atomic E-state index is 12.0. The van der Waals surface area contributed by atoms with Crippen LogP contribution in [0.15, 0.2) is 18.2 Å². The molecule has 1 heterocycles. The minimum Gasteiger partial charge on any atom is -0.483 e. The Hall–Kier alpha value is -2.04. The van der Waals surface area contributed by atoms with E-state index in [9.17, 15) is 9.59 Å². The Balaban J connectivity index is 1.95. The zero-order valence-electron chi connectivity index (χ0n) is 11.2. The third-order valence-electron chi connectivity index (χ3n) is 3.14. The lowest BCUT2D eigenvalue weighted by Gasteiger charge is -2.26. The van der Waals surface area contributed by atoms with E-state index in [0.29, 0.717) is 13.1 Å². The number of rotatable bonds is 3. The van der Waals surface area contributed by atoms with Gasteiger partial charge in [-0.25, -0.2) is 0 Å². The van der Waals surface area contributed by atoms with Gasteiger partial charge in [-0.2, -0.15) is 0 Å². The van der Waals surface area contributed by atoms with E-state index < -0.39 is 0 Å². The lowest BCUT2D eigenvalue weighted by atomic mass is 10.1. The molecule has 0 radical (unpaired) electrons. The summed E-state index contributed by atoms with van der Waals surface area (Å²) in [5.74, 6) is 0.474. The molecule has 1 aliphatic heterocycles. The summed E-state index contributed by atoms with van der Waals surface area (Å²) in [7, 11) is 0. The molecule has 2 amide bonds. The van der Waals surface area contributed by atoms with E-state index >= 15 is 0 Å². The number of hydrogen-bond donors (Lipinski definition) is 1. The first kappa shape index (κ1) is 13.4. The molecule has 0 atom stereocenters. The number of nitrogens with one attached hydrogen (secondary N) is 1. The first-order valence-electron chi connectivity index (χ1n) is 6.31. The van der Waals surface area contributed by atoms with Crippen molar-refractivity contribution in [2.45, 2.75) is 13.8 Å². The van der Waals surface area contributed by atoms with Crippen LogP contribution < -0.4 is 10.1 Å². The number of hydrogen-bond acceptors (Lipinski definition) is 3. The van der Waals surface area contributed by atoms with Crippen molar-refractivity contribution in [3.8, 4) is 5.75 Å². The van der Waals surface area contributed by atoms with Gasteiger partial charge in [-0.3, -0.25) is 9.59 Å². The molecule has 1 N–H and O–H groups in total. The molecule has 0 spiro atoms. The topological polar surface area (TPSA) is 58.6 Å². The first-order chi connectivity index (χ1) is 9.08. The second kappa shape index (κ2) is 5.73. The van der Waals surface area contributed by atoms with Crippen LogP contribution in [0, 0.1) is 13.8 Å². The summed E-state index contributed by atoms with van der Waals surface area (Å²) in [5.41, 5.74) is 2.01. The summed E-state index contributed by atoms with van der Waals surface area (Å²) in [5, 5.41) is 2.69. The van der Waals surface area contributed by atoms with Gasteiger partial charge in [0.1, 0.15) is 5.75 Å². The number of benzene rings is 1. The van der Waals surface area contributed by atoms with Crippen LogP contribution in [0.3, 0.4) is 0 Å². The Labute approximate surface area is 112 Å². The van der Waals surface area contributed by atoms with Gasteiger partial charge in [-0.15, -0.1) is 0 Å². The quantitative estimate of drug-likeness (QED) is 0.869. The number of para-hydroxylation sites is 1. The summed E-state index contributed by atoms with van der Waals surface area (Å²) < 4.78 is 5.59. The van der Waals surface area contributed by atoms with Gasteiger partial charge in [0.15, 0.2) is 6.61 Å².